The number of aliphatic hydroxyl groups excluding tert-OH is 1. The first-order chi connectivity index (χ1) is 7.50. The lowest BCUT2D eigenvalue weighted by atomic mass is 10.1. The zero-order valence-corrected chi connectivity index (χ0v) is 9.71. The van der Waals surface area contributed by atoms with Gasteiger partial charge in [-0.25, -0.2) is 4.79 Å². The summed E-state index contributed by atoms with van der Waals surface area (Å²) < 4.78 is 1.45. The number of nitrogens with zero attached hydrogens (tertiary/aromatic N) is 1. The molecule has 0 spiro atoms. The minimum atomic E-state index is -1.13. The molecule has 0 radical (unpaired) electrons. The van der Waals surface area contributed by atoms with Crippen molar-refractivity contribution in [2.24, 2.45) is 0 Å². The van der Waals surface area contributed by atoms with Crippen LogP contribution in [-0.4, -0.2) is 27.5 Å². The number of rotatable bonds is 1. The van der Waals surface area contributed by atoms with Crippen LogP contribution in [0.2, 0.25) is 0 Å². The van der Waals surface area contributed by atoms with Crippen molar-refractivity contribution in [3.8, 4) is 0 Å². The second kappa shape index (κ2) is 3.75. The monoisotopic (exact) mass is 237 g/mol. The van der Waals surface area contributed by atoms with Gasteiger partial charge in [-0.15, -0.1) is 0 Å². The van der Waals surface area contributed by atoms with Gasteiger partial charge in [0.2, 0.25) is 0 Å². The number of carboxylic acid groups (broad SMARTS) is 1. The van der Waals surface area contributed by atoms with E-state index in [0.717, 1.165) is 10.5 Å². The first kappa shape index (κ1) is 10.9. The summed E-state index contributed by atoms with van der Waals surface area (Å²) in [6, 6.07) is 5.59. The van der Waals surface area contributed by atoms with Crippen LogP contribution in [-0.2, 0) is 4.79 Å². The molecule has 0 aromatic heterocycles. The molecule has 1 aromatic carbocycles. The van der Waals surface area contributed by atoms with Crippen LogP contribution in [0.15, 0.2) is 28.8 Å². The Bertz CT molecular complexity index is 496. The summed E-state index contributed by atoms with van der Waals surface area (Å²) in [5, 5.41) is 18.9. The minimum absolute atomic E-state index is 0.0805. The van der Waals surface area contributed by atoms with Gasteiger partial charge in [0.15, 0.2) is 11.5 Å². The molecule has 0 amide bonds. The zero-order valence-electron chi connectivity index (χ0n) is 8.89. The van der Waals surface area contributed by atoms with Gasteiger partial charge in [-0.2, -0.15) is 0 Å². The van der Waals surface area contributed by atoms with Crippen LogP contribution in [0.3, 0.4) is 0 Å². The average molecular weight is 237 g/mol. The lowest BCUT2D eigenvalue weighted by molar-refractivity contribution is -0.133. The van der Waals surface area contributed by atoms with Crippen molar-refractivity contribution in [2.75, 3.05) is 7.05 Å². The van der Waals surface area contributed by atoms with Crippen molar-refractivity contribution in [1.29, 1.82) is 0 Å². The van der Waals surface area contributed by atoms with Crippen molar-refractivity contribution in [3.63, 3.8) is 0 Å². The van der Waals surface area contributed by atoms with Gasteiger partial charge < -0.3 is 14.5 Å². The maximum absolute atomic E-state index is 11.0. The number of aliphatic hydroxyl groups is 1. The maximum atomic E-state index is 11.0. The molecular weight excluding hydrogens is 226 g/mol. The third kappa shape index (κ3) is 1.63. The number of aliphatic carboxylic acids is 1. The highest BCUT2D eigenvalue weighted by molar-refractivity contribution is 7.97. The lowest BCUT2D eigenvalue weighted by Crippen LogP contribution is -2.22. The number of benzene rings is 1. The Morgan fingerprint density at radius 3 is 2.75 bits per heavy atom. The first-order valence-corrected chi connectivity index (χ1v) is 5.47. The molecule has 1 heterocycles. The van der Waals surface area contributed by atoms with E-state index >= 15 is 0 Å². The molecule has 16 heavy (non-hydrogen) atoms. The summed E-state index contributed by atoms with van der Waals surface area (Å²) in [5.74, 6) is -1.30. The molecule has 5 heteroatoms. The number of fused-ring (bicyclic) bond motifs is 1. The highest BCUT2D eigenvalue weighted by atomic mass is 32.2. The summed E-state index contributed by atoms with van der Waals surface area (Å²) in [6.07, 6.45) is 0. The Labute approximate surface area is 97.3 Å². The van der Waals surface area contributed by atoms with Gasteiger partial charge in [-0.05, 0) is 31.0 Å². The molecule has 0 aliphatic carbocycles. The summed E-state index contributed by atoms with van der Waals surface area (Å²) in [6.45, 7) is 1.90. The molecule has 0 fully saturated rings. The summed E-state index contributed by atoms with van der Waals surface area (Å²) in [7, 11) is 1.62. The van der Waals surface area contributed by atoms with Gasteiger partial charge in [0.05, 0.1) is 0 Å². The Balaban J connectivity index is 2.64. The predicted molar refractivity (Wildman–Crippen MR) is 62.0 cm³/mol. The summed E-state index contributed by atoms with van der Waals surface area (Å²) in [5.41, 5.74) is 1.49. The van der Waals surface area contributed by atoms with E-state index in [1.807, 2.05) is 19.1 Å². The number of hydrogen-bond acceptors (Lipinski definition) is 4. The van der Waals surface area contributed by atoms with E-state index in [1.165, 1.54) is 16.3 Å². The summed E-state index contributed by atoms with van der Waals surface area (Å²) in [4.78, 5) is 11.9. The number of hydrogen-bond donors (Lipinski definition) is 2. The van der Waals surface area contributed by atoms with Crippen molar-refractivity contribution < 1.29 is 15.0 Å². The lowest BCUT2D eigenvalue weighted by Gasteiger charge is -2.26. The molecule has 2 N–H and O–H groups in total. The molecule has 0 saturated heterocycles. The van der Waals surface area contributed by atoms with E-state index < -0.39 is 5.97 Å². The normalized spacial score (nSPS) is 15.0. The van der Waals surface area contributed by atoms with Gasteiger partial charge >= 0.3 is 5.97 Å². The van der Waals surface area contributed by atoms with Crippen LogP contribution in [0.25, 0.3) is 5.76 Å². The minimum Gasteiger partial charge on any atom is -0.505 e. The summed E-state index contributed by atoms with van der Waals surface area (Å²) >= 11 is 1.30. The van der Waals surface area contributed by atoms with Gasteiger partial charge in [-0.1, -0.05) is 11.6 Å². The van der Waals surface area contributed by atoms with Crippen LogP contribution in [0.4, 0.5) is 0 Å². The van der Waals surface area contributed by atoms with E-state index in [-0.39, 0.29) is 11.5 Å². The third-order valence-corrected chi connectivity index (χ3v) is 3.38. The molecule has 1 aliphatic rings. The Kier molecular flexibility index (Phi) is 2.55. The SMILES string of the molecule is Cc1ccc2c(c1)C(O)=C(C(=O)O)N(C)S2. The Morgan fingerprint density at radius 2 is 2.12 bits per heavy atom. The topological polar surface area (TPSA) is 60.8 Å². The van der Waals surface area contributed by atoms with Crippen molar-refractivity contribution in [2.45, 2.75) is 11.8 Å². The van der Waals surface area contributed by atoms with Crippen LogP contribution in [0, 0.1) is 6.92 Å². The maximum Gasteiger partial charge on any atom is 0.356 e. The van der Waals surface area contributed by atoms with E-state index in [9.17, 15) is 9.90 Å². The van der Waals surface area contributed by atoms with Gasteiger partial charge in [0.1, 0.15) is 0 Å². The molecule has 0 unspecified atom stereocenters. The largest absolute Gasteiger partial charge is 0.505 e. The average Bonchev–Trinajstić information content (AvgIpc) is 2.19. The molecular formula is C11H11NO3S. The van der Waals surface area contributed by atoms with Crippen molar-refractivity contribution >= 4 is 23.7 Å². The van der Waals surface area contributed by atoms with Crippen molar-refractivity contribution in [1.82, 2.24) is 4.31 Å². The quantitative estimate of drug-likeness (QED) is 0.734. The highest BCUT2D eigenvalue weighted by Gasteiger charge is 2.27. The van der Waals surface area contributed by atoms with Crippen LogP contribution in [0.1, 0.15) is 11.1 Å². The molecule has 4 nitrogen and oxygen atoms in total. The van der Waals surface area contributed by atoms with Crippen LogP contribution < -0.4 is 0 Å². The fraction of sp³-hybridized carbons (Fsp3) is 0.182. The van der Waals surface area contributed by atoms with Crippen LogP contribution >= 0.6 is 11.9 Å². The van der Waals surface area contributed by atoms with E-state index in [2.05, 4.69) is 0 Å². The van der Waals surface area contributed by atoms with E-state index in [1.54, 1.807) is 13.1 Å². The molecule has 2 rings (SSSR count). The number of likely N-dealkylation sites (N-methyl/N-ethyl adjacent to an activating group) is 1. The predicted octanol–water partition coefficient (Wildman–Crippen LogP) is 2.26. The second-order valence-corrected chi connectivity index (χ2v) is 4.76. The van der Waals surface area contributed by atoms with Crippen LogP contribution in [0.5, 0.6) is 0 Å². The fourth-order valence-electron chi connectivity index (χ4n) is 1.61. The second-order valence-electron chi connectivity index (χ2n) is 3.59. The van der Waals surface area contributed by atoms with Crippen molar-refractivity contribution in [3.05, 3.63) is 35.0 Å². The molecule has 0 atom stereocenters. The van der Waals surface area contributed by atoms with E-state index in [4.69, 9.17) is 5.11 Å². The standard InChI is InChI=1S/C11H11NO3S/c1-6-3-4-8-7(5-6)10(13)9(11(14)15)12(2)16-8/h3-5,13H,1-2H3,(H,14,15). The molecule has 0 saturated carbocycles. The molecule has 84 valence electrons. The number of carbonyl (C=O) groups is 1. The zero-order chi connectivity index (χ0) is 11.9. The van der Waals surface area contributed by atoms with Gasteiger partial charge in [-0.3, -0.25) is 0 Å². The Morgan fingerprint density at radius 1 is 1.44 bits per heavy atom. The first-order valence-electron chi connectivity index (χ1n) is 4.70. The molecule has 1 aliphatic heterocycles. The third-order valence-electron chi connectivity index (χ3n) is 2.37. The molecule has 1 aromatic rings. The van der Waals surface area contributed by atoms with E-state index in [0.29, 0.717) is 5.56 Å². The highest BCUT2D eigenvalue weighted by Crippen LogP contribution is 2.38. The Hall–Kier alpha value is -1.62. The molecule has 0 bridgehead atoms. The van der Waals surface area contributed by atoms with Gasteiger partial charge in [0.25, 0.3) is 0 Å². The number of aryl methyl sites for hydroxylation is 1. The fourth-order valence-corrected chi connectivity index (χ4v) is 2.55. The number of carboxylic acids is 1. The van der Waals surface area contributed by atoms with Gasteiger partial charge in [0, 0.05) is 17.5 Å². The smallest absolute Gasteiger partial charge is 0.356 e.